The first-order valence-corrected chi connectivity index (χ1v) is 6.93. The van der Waals surface area contributed by atoms with Crippen LogP contribution < -0.4 is 0 Å². The molecule has 0 saturated carbocycles. The summed E-state index contributed by atoms with van der Waals surface area (Å²) in [7, 11) is 0. The highest BCUT2D eigenvalue weighted by Crippen LogP contribution is 2.40. The van der Waals surface area contributed by atoms with Gasteiger partial charge in [-0.05, 0) is 31.7 Å². The molecule has 0 fully saturated rings. The van der Waals surface area contributed by atoms with Gasteiger partial charge in [0.25, 0.3) is 5.91 Å². The molecule has 1 aromatic rings. The maximum absolute atomic E-state index is 12.3. The normalized spacial score (nSPS) is 16.6. The lowest BCUT2D eigenvalue weighted by atomic mass is 9.91. The molecule has 0 saturated heterocycles. The number of thiophene rings is 1. The number of nitrogens with zero attached hydrogens (tertiary/aromatic N) is 1. The van der Waals surface area contributed by atoms with E-state index in [1.165, 1.54) is 10.4 Å². The standard InChI is InChI=1S/C14H21NOS/c1-13(2,3)11-9-7-15(14(4,5)6)12(16)10(9)8-17-11/h8H,7H2,1-6H3. The summed E-state index contributed by atoms with van der Waals surface area (Å²) in [6.07, 6.45) is 0. The van der Waals surface area contributed by atoms with Crippen molar-refractivity contribution in [3.8, 4) is 0 Å². The molecule has 0 spiro atoms. The molecule has 0 aliphatic carbocycles. The summed E-state index contributed by atoms with van der Waals surface area (Å²) in [6, 6.07) is 0. The first-order chi connectivity index (χ1) is 7.62. The summed E-state index contributed by atoms with van der Waals surface area (Å²) < 4.78 is 0. The Kier molecular flexibility index (Phi) is 2.66. The van der Waals surface area contributed by atoms with E-state index in [1.54, 1.807) is 11.3 Å². The summed E-state index contributed by atoms with van der Waals surface area (Å²) in [5.41, 5.74) is 2.22. The Hall–Kier alpha value is -0.830. The summed E-state index contributed by atoms with van der Waals surface area (Å²) in [5, 5.41) is 2.03. The monoisotopic (exact) mass is 251 g/mol. The molecule has 2 heterocycles. The fraction of sp³-hybridized carbons (Fsp3) is 0.643. The van der Waals surface area contributed by atoms with Crippen LogP contribution >= 0.6 is 11.3 Å². The van der Waals surface area contributed by atoms with E-state index in [0.29, 0.717) is 0 Å². The van der Waals surface area contributed by atoms with Crippen molar-refractivity contribution in [3.63, 3.8) is 0 Å². The number of carbonyl (C=O) groups is 1. The van der Waals surface area contributed by atoms with Gasteiger partial charge < -0.3 is 4.90 Å². The number of hydrogen-bond acceptors (Lipinski definition) is 2. The van der Waals surface area contributed by atoms with Crippen LogP contribution in [0.15, 0.2) is 5.38 Å². The van der Waals surface area contributed by atoms with Crippen LogP contribution in [0.3, 0.4) is 0 Å². The highest BCUT2D eigenvalue weighted by atomic mass is 32.1. The van der Waals surface area contributed by atoms with Crippen LogP contribution in [-0.2, 0) is 12.0 Å². The number of rotatable bonds is 0. The molecular weight excluding hydrogens is 230 g/mol. The third-order valence-corrected chi connectivity index (χ3v) is 4.62. The van der Waals surface area contributed by atoms with Gasteiger partial charge in [0.05, 0.1) is 5.56 Å². The van der Waals surface area contributed by atoms with Crippen molar-refractivity contribution in [2.45, 2.75) is 59.0 Å². The second-order valence-electron chi connectivity index (χ2n) is 6.77. The fourth-order valence-electron chi connectivity index (χ4n) is 2.27. The molecule has 3 heteroatoms. The number of carbonyl (C=O) groups excluding carboxylic acids is 1. The lowest BCUT2D eigenvalue weighted by Gasteiger charge is -2.32. The largest absolute Gasteiger partial charge is 0.329 e. The maximum Gasteiger partial charge on any atom is 0.255 e. The van der Waals surface area contributed by atoms with Crippen LogP contribution in [0.2, 0.25) is 0 Å². The SMILES string of the molecule is CC(C)(C)c1scc2c1CN(C(C)(C)C)C2=O. The van der Waals surface area contributed by atoms with Crippen molar-refractivity contribution in [1.29, 1.82) is 0 Å². The van der Waals surface area contributed by atoms with Crippen LogP contribution in [0.1, 0.15) is 62.3 Å². The Bertz CT molecular complexity index is 460. The molecule has 1 aromatic heterocycles. The van der Waals surface area contributed by atoms with E-state index < -0.39 is 0 Å². The van der Waals surface area contributed by atoms with Gasteiger partial charge in [-0.3, -0.25) is 4.79 Å². The molecule has 2 rings (SSSR count). The summed E-state index contributed by atoms with van der Waals surface area (Å²) >= 11 is 1.73. The van der Waals surface area contributed by atoms with Gasteiger partial charge >= 0.3 is 0 Å². The van der Waals surface area contributed by atoms with Crippen molar-refractivity contribution < 1.29 is 4.79 Å². The number of amides is 1. The Labute approximate surface area is 108 Å². The smallest absolute Gasteiger partial charge is 0.255 e. The molecule has 0 N–H and O–H groups in total. The van der Waals surface area contributed by atoms with Gasteiger partial charge in [0.2, 0.25) is 0 Å². The molecule has 0 radical (unpaired) electrons. The predicted octanol–water partition coefficient (Wildman–Crippen LogP) is 3.80. The van der Waals surface area contributed by atoms with Gasteiger partial charge in [0.15, 0.2) is 0 Å². The van der Waals surface area contributed by atoms with Crippen LogP contribution in [0.25, 0.3) is 0 Å². The van der Waals surface area contributed by atoms with Crippen molar-refractivity contribution in [1.82, 2.24) is 4.90 Å². The average Bonchev–Trinajstić information content (AvgIpc) is 2.63. The quantitative estimate of drug-likeness (QED) is 0.687. The predicted molar refractivity (Wildman–Crippen MR) is 72.6 cm³/mol. The van der Waals surface area contributed by atoms with Gasteiger partial charge in [0.1, 0.15) is 0 Å². The molecule has 1 amide bonds. The van der Waals surface area contributed by atoms with E-state index >= 15 is 0 Å². The molecule has 1 aliphatic rings. The topological polar surface area (TPSA) is 20.3 Å². The van der Waals surface area contributed by atoms with Gasteiger partial charge in [0, 0.05) is 22.3 Å². The van der Waals surface area contributed by atoms with Crippen molar-refractivity contribution in [2.75, 3.05) is 0 Å². The Morgan fingerprint density at radius 1 is 1.18 bits per heavy atom. The maximum atomic E-state index is 12.3. The van der Waals surface area contributed by atoms with E-state index in [0.717, 1.165) is 12.1 Å². The van der Waals surface area contributed by atoms with Crippen LogP contribution in [-0.4, -0.2) is 16.3 Å². The molecular formula is C14H21NOS. The van der Waals surface area contributed by atoms with Crippen molar-refractivity contribution in [3.05, 3.63) is 21.4 Å². The molecule has 17 heavy (non-hydrogen) atoms. The average molecular weight is 251 g/mol. The lowest BCUT2D eigenvalue weighted by molar-refractivity contribution is 0.0609. The number of hydrogen-bond donors (Lipinski definition) is 0. The second kappa shape index (κ2) is 3.58. The Morgan fingerprint density at radius 3 is 2.24 bits per heavy atom. The van der Waals surface area contributed by atoms with E-state index in [9.17, 15) is 4.79 Å². The summed E-state index contributed by atoms with van der Waals surface area (Å²) in [6.45, 7) is 13.7. The van der Waals surface area contributed by atoms with Crippen LogP contribution in [0.5, 0.6) is 0 Å². The van der Waals surface area contributed by atoms with E-state index in [4.69, 9.17) is 0 Å². The van der Waals surface area contributed by atoms with E-state index in [1.807, 2.05) is 10.3 Å². The summed E-state index contributed by atoms with van der Waals surface area (Å²) in [4.78, 5) is 15.6. The van der Waals surface area contributed by atoms with Gasteiger partial charge in [-0.15, -0.1) is 11.3 Å². The minimum atomic E-state index is -0.0943. The van der Waals surface area contributed by atoms with Crippen LogP contribution in [0, 0.1) is 0 Å². The third kappa shape index (κ3) is 2.01. The van der Waals surface area contributed by atoms with Gasteiger partial charge in [-0.1, -0.05) is 20.8 Å². The zero-order valence-corrected chi connectivity index (χ0v) is 12.4. The molecule has 0 aromatic carbocycles. The van der Waals surface area contributed by atoms with Crippen LogP contribution in [0.4, 0.5) is 0 Å². The first-order valence-electron chi connectivity index (χ1n) is 6.05. The minimum absolute atomic E-state index is 0.0943. The molecule has 94 valence electrons. The highest BCUT2D eigenvalue weighted by molar-refractivity contribution is 7.10. The first kappa shape index (κ1) is 12.6. The zero-order chi connectivity index (χ0) is 13.0. The second-order valence-corrected chi connectivity index (χ2v) is 7.65. The van der Waals surface area contributed by atoms with Crippen molar-refractivity contribution >= 4 is 17.2 Å². The fourth-order valence-corrected chi connectivity index (χ4v) is 3.41. The third-order valence-electron chi connectivity index (χ3n) is 3.18. The number of fused-ring (bicyclic) bond motifs is 1. The Morgan fingerprint density at radius 2 is 1.76 bits per heavy atom. The van der Waals surface area contributed by atoms with Gasteiger partial charge in [-0.25, -0.2) is 0 Å². The molecule has 0 unspecified atom stereocenters. The van der Waals surface area contributed by atoms with E-state index in [-0.39, 0.29) is 16.9 Å². The van der Waals surface area contributed by atoms with Gasteiger partial charge in [-0.2, -0.15) is 0 Å². The molecule has 0 bridgehead atoms. The van der Waals surface area contributed by atoms with Crippen molar-refractivity contribution in [2.24, 2.45) is 0 Å². The minimum Gasteiger partial charge on any atom is -0.329 e. The molecule has 0 atom stereocenters. The zero-order valence-electron chi connectivity index (χ0n) is 11.5. The van der Waals surface area contributed by atoms with E-state index in [2.05, 4.69) is 41.5 Å². The lowest BCUT2D eigenvalue weighted by Crippen LogP contribution is -2.41. The highest BCUT2D eigenvalue weighted by Gasteiger charge is 2.38. The summed E-state index contributed by atoms with van der Waals surface area (Å²) in [5.74, 6) is 0.194. The molecule has 1 aliphatic heterocycles. The molecule has 2 nitrogen and oxygen atoms in total. The Balaban J connectivity index is 2.44.